The first kappa shape index (κ1) is 14.0. The highest BCUT2D eigenvalue weighted by Gasteiger charge is 2.39. The zero-order valence-corrected chi connectivity index (χ0v) is 11.3. The molecule has 96 valence electrons. The standard InChI is InChI=1S/C13H23N3O/c1-12(2,9-14)5-7-16-8-6-13(3,10-16)11(17)15-4/h5-8,10H2,1-4H3,(H,15,17). The van der Waals surface area contributed by atoms with E-state index in [4.69, 9.17) is 5.26 Å². The van der Waals surface area contributed by atoms with E-state index in [0.29, 0.717) is 0 Å². The Hall–Kier alpha value is -1.08. The summed E-state index contributed by atoms with van der Waals surface area (Å²) in [6, 6.07) is 2.31. The maximum atomic E-state index is 11.7. The number of likely N-dealkylation sites (tertiary alicyclic amines) is 1. The lowest BCUT2D eigenvalue weighted by Crippen LogP contribution is -2.39. The lowest BCUT2D eigenvalue weighted by molar-refractivity contribution is -0.129. The van der Waals surface area contributed by atoms with Gasteiger partial charge in [0.25, 0.3) is 0 Å². The van der Waals surface area contributed by atoms with Crippen molar-refractivity contribution in [1.82, 2.24) is 10.2 Å². The van der Waals surface area contributed by atoms with Crippen molar-refractivity contribution in [3.63, 3.8) is 0 Å². The Bertz CT molecular complexity index is 332. The summed E-state index contributed by atoms with van der Waals surface area (Å²) in [5, 5.41) is 11.7. The molecule has 1 rings (SSSR count). The highest BCUT2D eigenvalue weighted by molar-refractivity contribution is 5.82. The molecular formula is C13H23N3O. The van der Waals surface area contributed by atoms with Crippen LogP contribution in [0.25, 0.3) is 0 Å². The van der Waals surface area contributed by atoms with Crippen molar-refractivity contribution in [2.24, 2.45) is 10.8 Å². The van der Waals surface area contributed by atoms with Crippen LogP contribution in [0.5, 0.6) is 0 Å². The van der Waals surface area contributed by atoms with Crippen molar-refractivity contribution in [3.8, 4) is 6.07 Å². The monoisotopic (exact) mass is 237 g/mol. The number of carbonyl (C=O) groups is 1. The third-order valence-electron chi connectivity index (χ3n) is 3.68. The molecule has 1 aliphatic rings. The summed E-state index contributed by atoms with van der Waals surface area (Å²) in [4.78, 5) is 14.0. The van der Waals surface area contributed by atoms with Crippen LogP contribution >= 0.6 is 0 Å². The Labute approximate surface area is 104 Å². The molecule has 1 atom stereocenters. The molecule has 1 N–H and O–H groups in total. The van der Waals surface area contributed by atoms with Crippen LogP contribution in [0.2, 0.25) is 0 Å². The first-order valence-electron chi connectivity index (χ1n) is 6.19. The van der Waals surface area contributed by atoms with Crippen molar-refractivity contribution in [1.29, 1.82) is 5.26 Å². The van der Waals surface area contributed by atoms with Gasteiger partial charge in [-0.2, -0.15) is 5.26 Å². The van der Waals surface area contributed by atoms with Crippen molar-refractivity contribution in [2.75, 3.05) is 26.7 Å². The van der Waals surface area contributed by atoms with E-state index in [2.05, 4.69) is 16.3 Å². The average molecular weight is 237 g/mol. The average Bonchev–Trinajstić information content (AvgIpc) is 2.69. The van der Waals surface area contributed by atoms with E-state index in [9.17, 15) is 4.79 Å². The van der Waals surface area contributed by atoms with E-state index in [1.54, 1.807) is 7.05 Å². The van der Waals surface area contributed by atoms with E-state index in [0.717, 1.165) is 32.5 Å². The smallest absolute Gasteiger partial charge is 0.227 e. The van der Waals surface area contributed by atoms with Crippen LogP contribution < -0.4 is 5.32 Å². The first-order chi connectivity index (χ1) is 7.83. The highest BCUT2D eigenvalue weighted by Crippen LogP contribution is 2.31. The van der Waals surface area contributed by atoms with E-state index in [1.807, 2.05) is 20.8 Å². The molecule has 0 aliphatic carbocycles. The van der Waals surface area contributed by atoms with Crippen LogP contribution in [0.1, 0.15) is 33.6 Å². The zero-order chi connectivity index (χ0) is 13.1. The van der Waals surface area contributed by atoms with Crippen LogP contribution in [0.15, 0.2) is 0 Å². The van der Waals surface area contributed by atoms with Crippen molar-refractivity contribution in [3.05, 3.63) is 0 Å². The molecule has 17 heavy (non-hydrogen) atoms. The molecule has 0 spiro atoms. The molecule has 0 aromatic rings. The van der Waals surface area contributed by atoms with E-state index in [-0.39, 0.29) is 16.7 Å². The number of carbonyl (C=O) groups excluding carboxylic acids is 1. The van der Waals surface area contributed by atoms with Crippen LogP contribution in [-0.2, 0) is 4.79 Å². The summed E-state index contributed by atoms with van der Waals surface area (Å²) in [6.07, 6.45) is 1.76. The number of nitrogens with zero attached hydrogens (tertiary/aromatic N) is 2. The predicted octanol–water partition coefficient (Wildman–Crippen LogP) is 1.38. The van der Waals surface area contributed by atoms with Crippen LogP contribution in [-0.4, -0.2) is 37.5 Å². The van der Waals surface area contributed by atoms with Gasteiger partial charge in [-0.25, -0.2) is 0 Å². The Morgan fingerprint density at radius 2 is 2.24 bits per heavy atom. The van der Waals surface area contributed by atoms with E-state index < -0.39 is 0 Å². The van der Waals surface area contributed by atoms with Gasteiger partial charge >= 0.3 is 0 Å². The molecule has 4 nitrogen and oxygen atoms in total. The maximum Gasteiger partial charge on any atom is 0.227 e. The maximum absolute atomic E-state index is 11.7. The molecule has 0 saturated carbocycles. The fraction of sp³-hybridized carbons (Fsp3) is 0.846. The van der Waals surface area contributed by atoms with Gasteiger partial charge in [-0.15, -0.1) is 0 Å². The minimum atomic E-state index is -0.272. The quantitative estimate of drug-likeness (QED) is 0.803. The van der Waals surface area contributed by atoms with E-state index >= 15 is 0 Å². The number of nitriles is 1. The molecule has 0 bridgehead atoms. The number of nitrogens with one attached hydrogen (secondary N) is 1. The molecule has 1 amide bonds. The van der Waals surface area contributed by atoms with Gasteiger partial charge in [0.2, 0.25) is 5.91 Å². The van der Waals surface area contributed by atoms with Crippen LogP contribution in [0.4, 0.5) is 0 Å². The topological polar surface area (TPSA) is 56.1 Å². The molecule has 1 heterocycles. The fourth-order valence-corrected chi connectivity index (χ4v) is 2.23. The summed E-state index contributed by atoms with van der Waals surface area (Å²) in [5.41, 5.74) is -0.530. The number of hydrogen-bond acceptors (Lipinski definition) is 3. The molecular weight excluding hydrogens is 214 g/mol. The molecule has 0 radical (unpaired) electrons. The molecule has 4 heteroatoms. The lowest BCUT2D eigenvalue weighted by atomic mass is 9.88. The van der Waals surface area contributed by atoms with Gasteiger partial charge in [-0.3, -0.25) is 4.79 Å². The van der Waals surface area contributed by atoms with E-state index in [1.165, 1.54) is 0 Å². The molecule has 1 saturated heterocycles. The van der Waals surface area contributed by atoms with Gasteiger partial charge in [-0.1, -0.05) is 0 Å². The minimum Gasteiger partial charge on any atom is -0.359 e. The summed E-state index contributed by atoms with van der Waals surface area (Å²) in [5.74, 6) is 0.125. The van der Waals surface area contributed by atoms with Gasteiger partial charge < -0.3 is 10.2 Å². The Morgan fingerprint density at radius 3 is 2.76 bits per heavy atom. The number of hydrogen-bond donors (Lipinski definition) is 1. The summed E-state index contributed by atoms with van der Waals surface area (Å²) >= 11 is 0. The largest absolute Gasteiger partial charge is 0.359 e. The third-order valence-corrected chi connectivity index (χ3v) is 3.68. The summed E-state index contributed by atoms with van der Waals surface area (Å²) in [6.45, 7) is 8.58. The van der Waals surface area contributed by atoms with Crippen LogP contribution in [0, 0.1) is 22.2 Å². The highest BCUT2D eigenvalue weighted by atomic mass is 16.2. The molecule has 1 aliphatic heterocycles. The molecule has 1 fully saturated rings. The Balaban J connectivity index is 2.47. The number of amides is 1. The Kier molecular flexibility index (Phi) is 4.16. The van der Waals surface area contributed by atoms with Crippen molar-refractivity contribution in [2.45, 2.75) is 33.6 Å². The van der Waals surface area contributed by atoms with Gasteiger partial charge in [0.1, 0.15) is 0 Å². The second-order valence-electron chi connectivity index (χ2n) is 5.91. The lowest BCUT2D eigenvalue weighted by Gasteiger charge is -2.24. The SMILES string of the molecule is CNC(=O)C1(C)CCN(CCC(C)(C)C#N)C1. The van der Waals surface area contributed by atoms with Gasteiger partial charge in [0.05, 0.1) is 16.9 Å². The second kappa shape index (κ2) is 5.05. The normalized spacial score (nSPS) is 25.6. The van der Waals surface area contributed by atoms with Crippen molar-refractivity contribution < 1.29 is 4.79 Å². The summed E-state index contributed by atoms with van der Waals surface area (Å²) in [7, 11) is 1.69. The van der Waals surface area contributed by atoms with Crippen LogP contribution in [0.3, 0.4) is 0 Å². The second-order valence-corrected chi connectivity index (χ2v) is 5.91. The number of rotatable bonds is 4. The molecule has 0 aromatic carbocycles. The van der Waals surface area contributed by atoms with Crippen molar-refractivity contribution >= 4 is 5.91 Å². The Morgan fingerprint density at radius 1 is 1.59 bits per heavy atom. The minimum absolute atomic E-state index is 0.125. The van der Waals surface area contributed by atoms with Gasteiger partial charge in [0, 0.05) is 13.6 Å². The molecule has 1 unspecified atom stereocenters. The van der Waals surface area contributed by atoms with Gasteiger partial charge in [-0.05, 0) is 46.7 Å². The third kappa shape index (κ3) is 3.44. The van der Waals surface area contributed by atoms with Gasteiger partial charge in [0.15, 0.2) is 0 Å². The fourth-order valence-electron chi connectivity index (χ4n) is 2.23. The predicted molar refractivity (Wildman–Crippen MR) is 67.2 cm³/mol. The first-order valence-corrected chi connectivity index (χ1v) is 6.19. The zero-order valence-electron chi connectivity index (χ0n) is 11.3. The molecule has 0 aromatic heterocycles. The summed E-state index contributed by atoms with van der Waals surface area (Å²) < 4.78 is 0.